The molecule has 0 spiro atoms. The Balaban J connectivity index is 1.51. The molecule has 2 aliphatic rings. The zero-order valence-corrected chi connectivity index (χ0v) is 28.7. The summed E-state index contributed by atoms with van der Waals surface area (Å²) in [6.45, 7) is 1.89. The van der Waals surface area contributed by atoms with Crippen molar-refractivity contribution in [3.05, 3.63) is 70.6 Å². The summed E-state index contributed by atoms with van der Waals surface area (Å²) < 4.78 is 69.6. The van der Waals surface area contributed by atoms with Crippen LogP contribution in [0.4, 0.5) is 11.4 Å². The van der Waals surface area contributed by atoms with Gasteiger partial charge in [-0.3, -0.25) is 0 Å². The van der Waals surface area contributed by atoms with Gasteiger partial charge in [-0.05, 0) is 61.8 Å². The van der Waals surface area contributed by atoms with Crippen LogP contribution in [0.2, 0.25) is 0 Å². The van der Waals surface area contributed by atoms with Gasteiger partial charge in [0.2, 0.25) is 22.3 Å². The van der Waals surface area contributed by atoms with Crippen LogP contribution >= 0.6 is 0 Å². The summed E-state index contributed by atoms with van der Waals surface area (Å²) in [6.07, 6.45) is 6.88. The molecule has 0 aliphatic heterocycles. The predicted octanol–water partition coefficient (Wildman–Crippen LogP) is 8.98. The topological polar surface area (TPSA) is 184 Å². The van der Waals surface area contributed by atoms with Gasteiger partial charge in [-0.15, -0.1) is 0 Å². The lowest BCUT2D eigenvalue weighted by Crippen LogP contribution is -2.50. The van der Waals surface area contributed by atoms with E-state index in [1.54, 1.807) is 0 Å². The average molecular weight is 707 g/mol. The molecule has 2 fully saturated rings. The van der Waals surface area contributed by atoms with Crippen molar-refractivity contribution in [1.82, 2.24) is 0 Å². The second-order valence-electron chi connectivity index (χ2n) is 13.2. The smallest absolute Gasteiger partial charge is 0.426 e. The van der Waals surface area contributed by atoms with E-state index < -0.39 is 43.4 Å². The lowest BCUT2D eigenvalue weighted by molar-refractivity contribution is -0.149. The van der Waals surface area contributed by atoms with Gasteiger partial charge in [0.1, 0.15) is 9.79 Å². The zero-order valence-electron chi connectivity index (χ0n) is 27.0. The van der Waals surface area contributed by atoms with E-state index >= 15 is 0 Å². The molecule has 0 aromatic heterocycles. The van der Waals surface area contributed by atoms with Crippen molar-refractivity contribution >= 4 is 53.2 Å². The molecule has 6 rings (SSSR count). The number of fused-ring (bicyclic) bond motifs is 2. The van der Waals surface area contributed by atoms with Gasteiger partial charge in [-0.1, -0.05) is 69.7 Å². The number of hydrogen-bond donors (Lipinski definition) is 2. The third-order valence-electron chi connectivity index (χ3n) is 10.6. The lowest BCUT2D eigenvalue weighted by Gasteiger charge is -2.49. The third-order valence-corrected chi connectivity index (χ3v) is 13.2. The van der Waals surface area contributed by atoms with Gasteiger partial charge in [0.15, 0.2) is 16.2 Å². The van der Waals surface area contributed by atoms with E-state index in [0.29, 0.717) is 0 Å². The minimum Gasteiger partial charge on any atom is -0.501 e. The average Bonchev–Trinajstić information content (AvgIpc) is 3.11. The first-order chi connectivity index (χ1) is 23.4. The first kappa shape index (κ1) is 34.5. The number of diazo groups is 2. The number of aromatic hydroxyl groups is 2. The molecule has 4 aromatic carbocycles. The Labute approximate surface area is 285 Å². The SMILES string of the molecule is CC(C1CCCCC1)(C1CCCCC1)C(OS(=O)(=O)c1cccc2c(O)c([N+]#N)ccc12)OS(=O)(=O)c1cccc2c(O)c([N+]#N)ccc12. The fourth-order valence-corrected chi connectivity index (χ4v) is 10.5. The van der Waals surface area contributed by atoms with Crippen molar-refractivity contribution in [3.8, 4) is 11.5 Å². The number of rotatable bonds is 9. The maximum absolute atomic E-state index is 14.4. The van der Waals surface area contributed by atoms with Gasteiger partial charge in [-0.25, -0.2) is 8.37 Å². The molecule has 0 amide bonds. The third kappa shape index (κ3) is 6.30. The number of hydrogen-bond acceptors (Lipinski definition) is 10. The van der Waals surface area contributed by atoms with E-state index in [1.807, 2.05) is 6.92 Å². The van der Waals surface area contributed by atoms with Crippen LogP contribution in [-0.4, -0.2) is 33.3 Å². The Morgan fingerprint density at radius 1 is 0.633 bits per heavy atom. The predicted molar refractivity (Wildman–Crippen MR) is 182 cm³/mol. The van der Waals surface area contributed by atoms with Crippen molar-refractivity contribution in [1.29, 1.82) is 10.8 Å². The van der Waals surface area contributed by atoms with Crippen LogP contribution in [0, 0.1) is 28.0 Å². The maximum Gasteiger partial charge on any atom is 0.426 e. The number of phenolic OH excluding ortho intramolecular Hbond substituents is 2. The van der Waals surface area contributed by atoms with Crippen molar-refractivity contribution in [3.63, 3.8) is 0 Å². The summed E-state index contributed by atoms with van der Waals surface area (Å²) in [5.74, 6) is -1.07. The molecule has 0 unspecified atom stereocenters. The second kappa shape index (κ2) is 13.5. The lowest BCUT2D eigenvalue weighted by atomic mass is 9.59. The summed E-state index contributed by atoms with van der Waals surface area (Å²) >= 11 is 0. The van der Waals surface area contributed by atoms with Gasteiger partial charge in [0.25, 0.3) is 20.2 Å². The van der Waals surface area contributed by atoms with E-state index in [4.69, 9.17) is 8.37 Å². The van der Waals surface area contributed by atoms with Gasteiger partial charge < -0.3 is 10.2 Å². The van der Waals surface area contributed by atoms with E-state index in [0.717, 1.165) is 64.2 Å². The fourth-order valence-electron chi connectivity index (χ4n) is 7.93. The Kier molecular flexibility index (Phi) is 9.52. The zero-order chi connectivity index (χ0) is 35.0. The fraction of sp³-hybridized carbons (Fsp3) is 0.429. The van der Waals surface area contributed by atoms with E-state index in [2.05, 4.69) is 9.95 Å². The molecule has 14 heteroatoms. The maximum atomic E-state index is 14.4. The Morgan fingerprint density at radius 3 is 1.39 bits per heavy atom. The van der Waals surface area contributed by atoms with E-state index in [9.17, 15) is 37.8 Å². The normalized spacial score (nSPS) is 16.9. The van der Waals surface area contributed by atoms with Crippen molar-refractivity contribution in [2.24, 2.45) is 17.3 Å². The molecule has 0 bridgehead atoms. The molecular formula is C35H38N4O8S2+2. The summed E-state index contributed by atoms with van der Waals surface area (Å²) in [5, 5.41) is 40.3. The van der Waals surface area contributed by atoms with E-state index in [-0.39, 0.29) is 54.5 Å². The first-order valence-corrected chi connectivity index (χ1v) is 19.3. The van der Waals surface area contributed by atoms with Crippen LogP contribution in [0.1, 0.15) is 71.1 Å². The highest BCUT2D eigenvalue weighted by atomic mass is 32.2. The van der Waals surface area contributed by atoms with Crippen LogP contribution in [0.25, 0.3) is 31.5 Å². The largest absolute Gasteiger partial charge is 0.501 e. The highest BCUT2D eigenvalue weighted by Crippen LogP contribution is 2.53. The molecule has 2 N–H and O–H groups in total. The Hall–Kier alpha value is -4.34. The molecule has 256 valence electrons. The highest BCUT2D eigenvalue weighted by Gasteiger charge is 2.52. The standard InChI is InChI=1S/C35H36N4O8S2/c1-35(22-10-4-2-5-11-22,23-12-6-3-7-13-23)34(46-48(42,43)30-16-8-14-26-24(30)18-20-28(38-36)32(26)40)47-49(44,45)31-17-9-15-27-25(31)19-21-29(39-37)33(27)41/h8-9,14-23,34H,2-7,10-13H2,1H3/p+2. The number of nitrogens with zero attached hydrogens (tertiary/aromatic N) is 4. The second-order valence-corrected chi connectivity index (χ2v) is 16.3. The van der Waals surface area contributed by atoms with Gasteiger partial charge in [0, 0.05) is 39.1 Å². The van der Waals surface area contributed by atoms with Crippen LogP contribution in [0.3, 0.4) is 0 Å². The van der Waals surface area contributed by atoms with Gasteiger partial charge in [-0.2, -0.15) is 16.8 Å². The molecule has 2 saturated carbocycles. The number of benzene rings is 4. The summed E-state index contributed by atoms with van der Waals surface area (Å²) in [4.78, 5) is 5.47. The molecule has 0 radical (unpaired) electrons. The van der Waals surface area contributed by atoms with Crippen LogP contribution in [0.15, 0.2) is 70.5 Å². The summed E-state index contributed by atoms with van der Waals surface area (Å²) in [6, 6.07) is 13.6. The molecule has 0 saturated heterocycles. The van der Waals surface area contributed by atoms with Crippen LogP contribution < -0.4 is 0 Å². The quantitative estimate of drug-likeness (QED) is 0.0967. The first-order valence-electron chi connectivity index (χ1n) is 16.5. The minimum atomic E-state index is -4.77. The van der Waals surface area contributed by atoms with E-state index in [1.165, 1.54) is 60.7 Å². The molecule has 49 heavy (non-hydrogen) atoms. The van der Waals surface area contributed by atoms with Crippen molar-refractivity contribution < 1.29 is 35.4 Å². The Morgan fingerprint density at radius 2 is 1.02 bits per heavy atom. The molecule has 4 aromatic rings. The van der Waals surface area contributed by atoms with Crippen LogP contribution in [-0.2, 0) is 28.6 Å². The van der Waals surface area contributed by atoms with Gasteiger partial charge >= 0.3 is 11.4 Å². The number of phenols is 2. The van der Waals surface area contributed by atoms with Crippen molar-refractivity contribution in [2.45, 2.75) is 87.2 Å². The summed E-state index contributed by atoms with van der Waals surface area (Å²) in [5.41, 5.74) is -1.36. The summed E-state index contributed by atoms with van der Waals surface area (Å²) in [7, 11) is -9.54. The minimum absolute atomic E-state index is 0.0840. The van der Waals surface area contributed by atoms with Crippen molar-refractivity contribution in [2.75, 3.05) is 0 Å². The molecule has 12 nitrogen and oxygen atoms in total. The van der Waals surface area contributed by atoms with Crippen LogP contribution in [0.5, 0.6) is 11.5 Å². The molecule has 0 heterocycles. The Bertz CT molecular complexity index is 2060. The van der Waals surface area contributed by atoms with Gasteiger partial charge in [0.05, 0.1) is 0 Å². The highest BCUT2D eigenvalue weighted by molar-refractivity contribution is 7.87. The molecular weight excluding hydrogens is 669 g/mol. The molecule has 0 atom stereocenters. The monoisotopic (exact) mass is 706 g/mol. The molecule has 2 aliphatic carbocycles.